The van der Waals surface area contributed by atoms with Gasteiger partial charge in [-0.25, -0.2) is 4.39 Å². The summed E-state index contributed by atoms with van der Waals surface area (Å²) >= 11 is 0. The molecule has 1 aromatic carbocycles. The van der Waals surface area contributed by atoms with E-state index in [1.54, 1.807) is 6.07 Å². The van der Waals surface area contributed by atoms with Crippen LogP contribution >= 0.6 is 0 Å². The number of hydrogen-bond donors (Lipinski definition) is 1. The van der Waals surface area contributed by atoms with Gasteiger partial charge in [-0.15, -0.1) is 6.58 Å². The second-order valence-electron chi connectivity index (χ2n) is 3.67. The fourth-order valence-electron chi connectivity index (χ4n) is 1.57. The van der Waals surface area contributed by atoms with Crippen molar-refractivity contribution in [1.82, 2.24) is 5.32 Å². The average Bonchev–Trinajstić information content (AvgIpc) is 2.26. The molecular formula is C13H18FN. The molecule has 0 aliphatic rings. The molecule has 1 N–H and O–H groups in total. The third kappa shape index (κ3) is 3.17. The van der Waals surface area contributed by atoms with Gasteiger partial charge in [-0.05, 0) is 19.4 Å². The van der Waals surface area contributed by atoms with Gasteiger partial charge in [0, 0.05) is 17.6 Å². The van der Waals surface area contributed by atoms with E-state index in [0.29, 0.717) is 0 Å². The lowest BCUT2D eigenvalue weighted by Gasteiger charge is -2.21. The number of hydrogen-bond acceptors (Lipinski definition) is 1. The molecule has 1 aromatic rings. The lowest BCUT2D eigenvalue weighted by atomic mass is 10.0. The van der Waals surface area contributed by atoms with Crippen LogP contribution in [0.3, 0.4) is 0 Å². The molecule has 82 valence electrons. The van der Waals surface area contributed by atoms with Crippen molar-refractivity contribution in [2.45, 2.75) is 32.4 Å². The van der Waals surface area contributed by atoms with Crippen LogP contribution in [0.2, 0.25) is 0 Å². The summed E-state index contributed by atoms with van der Waals surface area (Å²) in [6.07, 6.45) is 2.68. The molecule has 0 aliphatic carbocycles. The Balaban J connectivity index is 2.83. The Bertz CT molecular complexity index is 322. The molecule has 15 heavy (non-hydrogen) atoms. The topological polar surface area (TPSA) is 12.0 Å². The largest absolute Gasteiger partial charge is 0.304 e. The Morgan fingerprint density at radius 2 is 2.13 bits per heavy atom. The highest BCUT2D eigenvalue weighted by atomic mass is 19.1. The Morgan fingerprint density at radius 3 is 2.67 bits per heavy atom. The summed E-state index contributed by atoms with van der Waals surface area (Å²) in [6, 6.07) is 7.14. The molecule has 0 saturated carbocycles. The Morgan fingerprint density at radius 1 is 1.47 bits per heavy atom. The standard InChI is InChI=1S/C13H18FN/c1-4-10(3)15-13(5-2)11-8-6-7-9-12(11)14/h4,6-10,13,15H,1,5H2,2-3H3. The van der Waals surface area contributed by atoms with E-state index >= 15 is 0 Å². The van der Waals surface area contributed by atoms with Gasteiger partial charge in [0.2, 0.25) is 0 Å². The van der Waals surface area contributed by atoms with E-state index < -0.39 is 0 Å². The zero-order chi connectivity index (χ0) is 11.3. The van der Waals surface area contributed by atoms with Crippen LogP contribution in [0.5, 0.6) is 0 Å². The van der Waals surface area contributed by atoms with E-state index in [1.165, 1.54) is 6.07 Å². The zero-order valence-electron chi connectivity index (χ0n) is 9.33. The number of nitrogens with one attached hydrogen (secondary N) is 1. The molecule has 0 fully saturated rings. The van der Waals surface area contributed by atoms with Crippen molar-refractivity contribution in [3.63, 3.8) is 0 Å². The third-order valence-corrected chi connectivity index (χ3v) is 2.51. The van der Waals surface area contributed by atoms with Crippen LogP contribution < -0.4 is 5.32 Å². The predicted octanol–water partition coefficient (Wildman–Crippen LogP) is 3.44. The first-order chi connectivity index (χ1) is 7.19. The molecule has 2 heteroatoms. The Kier molecular flexibility index (Phi) is 4.50. The molecule has 0 bridgehead atoms. The van der Waals surface area contributed by atoms with Crippen LogP contribution in [0.15, 0.2) is 36.9 Å². The molecular weight excluding hydrogens is 189 g/mol. The van der Waals surface area contributed by atoms with Crippen molar-refractivity contribution in [2.75, 3.05) is 0 Å². The van der Waals surface area contributed by atoms with Crippen LogP contribution in [0.25, 0.3) is 0 Å². The Hall–Kier alpha value is -1.15. The summed E-state index contributed by atoms with van der Waals surface area (Å²) in [5, 5.41) is 3.32. The lowest BCUT2D eigenvalue weighted by Crippen LogP contribution is -2.29. The molecule has 0 radical (unpaired) electrons. The van der Waals surface area contributed by atoms with Gasteiger partial charge < -0.3 is 5.32 Å². The molecule has 0 aromatic heterocycles. The summed E-state index contributed by atoms with van der Waals surface area (Å²) < 4.78 is 13.5. The van der Waals surface area contributed by atoms with Gasteiger partial charge in [0.1, 0.15) is 5.82 Å². The van der Waals surface area contributed by atoms with Crippen molar-refractivity contribution in [3.05, 3.63) is 48.3 Å². The SMILES string of the molecule is C=CC(C)NC(CC)c1ccccc1F. The summed E-state index contributed by atoms with van der Waals surface area (Å²) in [6.45, 7) is 7.76. The van der Waals surface area contributed by atoms with Crippen LogP contribution in [0.1, 0.15) is 31.9 Å². The van der Waals surface area contributed by atoms with Gasteiger partial charge in [0.15, 0.2) is 0 Å². The minimum absolute atomic E-state index is 0.0548. The molecule has 0 aliphatic heterocycles. The third-order valence-electron chi connectivity index (χ3n) is 2.51. The molecule has 0 spiro atoms. The minimum Gasteiger partial charge on any atom is -0.304 e. The predicted molar refractivity (Wildman–Crippen MR) is 62.2 cm³/mol. The molecule has 0 heterocycles. The van der Waals surface area contributed by atoms with Crippen LogP contribution in [0.4, 0.5) is 4.39 Å². The molecule has 2 atom stereocenters. The highest BCUT2D eigenvalue weighted by Crippen LogP contribution is 2.20. The zero-order valence-corrected chi connectivity index (χ0v) is 9.33. The monoisotopic (exact) mass is 207 g/mol. The minimum atomic E-state index is -0.145. The first-order valence-electron chi connectivity index (χ1n) is 5.32. The molecule has 1 rings (SSSR count). The van der Waals surface area contributed by atoms with E-state index in [4.69, 9.17) is 0 Å². The fourth-order valence-corrected chi connectivity index (χ4v) is 1.57. The molecule has 2 unspecified atom stereocenters. The van der Waals surface area contributed by atoms with E-state index in [0.717, 1.165) is 12.0 Å². The highest BCUT2D eigenvalue weighted by Gasteiger charge is 2.13. The van der Waals surface area contributed by atoms with Gasteiger partial charge in [-0.3, -0.25) is 0 Å². The van der Waals surface area contributed by atoms with Gasteiger partial charge >= 0.3 is 0 Å². The smallest absolute Gasteiger partial charge is 0.127 e. The molecule has 0 amide bonds. The summed E-state index contributed by atoms with van der Waals surface area (Å²) in [5.74, 6) is -0.145. The summed E-state index contributed by atoms with van der Waals surface area (Å²) in [5.41, 5.74) is 0.730. The van der Waals surface area contributed by atoms with Gasteiger partial charge in [0.25, 0.3) is 0 Å². The summed E-state index contributed by atoms with van der Waals surface area (Å²) in [4.78, 5) is 0. The highest BCUT2D eigenvalue weighted by molar-refractivity contribution is 5.21. The fraction of sp³-hybridized carbons (Fsp3) is 0.385. The molecule has 1 nitrogen and oxygen atoms in total. The second-order valence-corrected chi connectivity index (χ2v) is 3.67. The number of benzene rings is 1. The van der Waals surface area contributed by atoms with E-state index in [9.17, 15) is 4.39 Å². The maximum Gasteiger partial charge on any atom is 0.127 e. The maximum atomic E-state index is 13.5. The van der Waals surface area contributed by atoms with Crippen molar-refractivity contribution >= 4 is 0 Å². The second kappa shape index (κ2) is 5.66. The first kappa shape index (κ1) is 11.9. The van der Waals surface area contributed by atoms with Crippen molar-refractivity contribution in [1.29, 1.82) is 0 Å². The maximum absolute atomic E-state index is 13.5. The quantitative estimate of drug-likeness (QED) is 0.729. The number of halogens is 1. The van der Waals surface area contributed by atoms with E-state index in [2.05, 4.69) is 11.9 Å². The van der Waals surface area contributed by atoms with Gasteiger partial charge in [0.05, 0.1) is 0 Å². The van der Waals surface area contributed by atoms with E-state index in [1.807, 2.05) is 32.1 Å². The van der Waals surface area contributed by atoms with E-state index in [-0.39, 0.29) is 17.9 Å². The average molecular weight is 207 g/mol. The van der Waals surface area contributed by atoms with Gasteiger partial charge in [-0.2, -0.15) is 0 Å². The molecule has 0 saturated heterocycles. The summed E-state index contributed by atoms with van der Waals surface area (Å²) in [7, 11) is 0. The van der Waals surface area contributed by atoms with Crippen LogP contribution in [0, 0.1) is 5.82 Å². The van der Waals surface area contributed by atoms with Crippen molar-refractivity contribution in [3.8, 4) is 0 Å². The van der Waals surface area contributed by atoms with Crippen LogP contribution in [-0.4, -0.2) is 6.04 Å². The lowest BCUT2D eigenvalue weighted by molar-refractivity contribution is 0.467. The normalized spacial score (nSPS) is 14.6. The van der Waals surface area contributed by atoms with Crippen molar-refractivity contribution in [2.24, 2.45) is 0 Å². The van der Waals surface area contributed by atoms with Crippen LogP contribution in [-0.2, 0) is 0 Å². The first-order valence-corrected chi connectivity index (χ1v) is 5.32. The van der Waals surface area contributed by atoms with Gasteiger partial charge in [-0.1, -0.05) is 31.2 Å². The van der Waals surface area contributed by atoms with Crippen molar-refractivity contribution < 1.29 is 4.39 Å². The number of rotatable bonds is 5. The Labute approximate surface area is 91.0 Å².